The van der Waals surface area contributed by atoms with Crippen LogP contribution in [0.25, 0.3) is 65.4 Å². The molecule has 0 saturated heterocycles. The fourth-order valence-corrected chi connectivity index (χ4v) is 8.26. The average Bonchev–Trinajstić information content (AvgIpc) is 4.13. The van der Waals surface area contributed by atoms with Gasteiger partial charge in [-0.25, -0.2) is 4.98 Å². The molecular formula is C54H44N14O3Ru. The number of aryl methyl sites for hydroxylation is 3. The molecule has 0 aliphatic heterocycles. The molecule has 0 aliphatic rings. The Bertz CT molecular complexity index is 3740. The Kier molecular flexibility index (Phi) is 14.0. The second kappa shape index (κ2) is 21.2. The van der Waals surface area contributed by atoms with Crippen molar-refractivity contribution in [1.82, 2.24) is 53.9 Å². The van der Waals surface area contributed by atoms with E-state index < -0.39 is 5.91 Å². The number of aromatic nitrogens is 10. The number of carbonyl (C=O) groups excluding carboxylic acids is 3. The monoisotopic (exact) mass is 1040 g/mol. The summed E-state index contributed by atoms with van der Waals surface area (Å²) in [6.45, 7) is 0.168. The Morgan fingerprint density at radius 3 is 1.32 bits per heavy atom. The van der Waals surface area contributed by atoms with Gasteiger partial charge in [-0.15, -0.1) is 0 Å². The number of pyridine rings is 6. The van der Waals surface area contributed by atoms with Crippen LogP contribution in [0.2, 0.25) is 0 Å². The van der Waals surface area contributed by atoms with Gasteiger partial charge in [0.05, 0.1) is 51.1 Å². The van der Waals surface area contributed by atoms with E-state index in [1.54, 1.807) is 103 Å². The Balaban J connectivity index is 0.000000177. The van der Waals surface area contributed by atoms with E-state index in [0.29, 0.717) is 22.8 Å². The van der Waals surface area contributed by atoms with E-state index in [4.69, 9.17) is 0 Å². The third-order valence-corrected chi connectivity index (χ3v) is 11.7. The number of nitrogens with zero attached hydrogens (tertiary/aromatic N) is 10. The van der Waals surface area contributed by atoms with E-state index in [1.165, 1.54) is 6.20 Å². The van der Waals surface area contributed by atoms with Crippen LogP contribution in [0.15, 0.2) is 177 Å². The Hall–Kier alpha value is -9.28. The average molecular weight is 1040 g/mol. The van der Waals surface area contributed by atoms with Crippen molar-refractivity contribution in [2.75, 3.05) is 22.6 Å². The van der Waals surface area contributed by atoms with Gasteiger partial charge in [-0.3, -0.25) is 44.3 Å². The maximum absolute atomic E-state index is 13.0. The van der Waals surface area contributed by atoms with Gasteiger partial charge in [-0.05, 0) is 54.6 Å². The maximum Gasteiger partial charge on any atom is 0.291 e. The van der Waals surface area contributed by atoms with Crippen molar-refractivity contribution < 1.29 is 33.9 Å². The van der Waals surface area contributed by atoms with Gasteiger partial charge in [-0.2, -0.15) is 0 Å². The number of amides is 3. The first kappa shape index (κ1) is 47.8. The maximum atomic E-state index is 13.0. The first-order valence-electron chi connectivity index (χ1n) is 22.4. The molecule has 17 nitrogen and oxygen atoms in total. The van der Waals surface area contributed by atoms with Crippen LogP contribution in [0.5, 0.6) is 0 Å². The van der Waals surface area contributed by atoms with Gasteiger partial charge in [0.2, 0.25) is 0 Å². The van der Waals surface area contributed by atoms with Crippen molar-refractivity contribution in [3.8, 4) is 0 Å². The van der Waals surface area contributed by atoms with E-state index in [1.807, 2.05) is 54.6 Å². The second-order valence-corrected chi connectivity index (χ2v) is 16.4. The SMILES string of the molecule is Cn1cc(NC(=O)c2cc(NC(=O)c3nccn3C)cn2C)cc1C(=O)NCNc1ccnc2c1ccc1cccnc12.[Ru].c1cnc2c(c1)ccc1cccnc12.c1cnc2c(c1)ccc1cccnc12. The molecule has 0 aliphatic carbocycles. The summed E-state index contributed by atoms with van der Waals surface area (Å²) in [5, 5.41) is 18.1. The molecule has 12 aromatic rings. The van der Waals surface area contributed by atoms with Gasteiger partial charge in [-0.1, -0.05) is 60.7 Å². The first-order valence-corrected chi connectivity index (χ1v) is 22.4. The fourth-order valence-electron chi connectivity index (χ4n) is 8.26. The molecule has 0 fully saturated rings. The summed E-state index contributed by atoms with van der Waals surface area (Å²) in [5.41, 5.74) is 7.90. The van der Waals surface area contributed by atoms with Gasteiger partial charge in [0.1, 0.15) is 11.4 Å². The summed E-state index contributed by atoms with van der Waals surface area (Å²) in [6, 6.07) is 37.1. The van der Waals surface area contributed by atoms with Crippen molar-refractivity contribution in [2.24, 2.45) is 21.1 Å². The summed E-state index contributed by atoms with van der Waals surface area (Å²) in [7, 11) is 5.15. The van der Waals surface area contributed by atoms with Crippen LogP contribution in [0.1, 0.15) is 31.6 Å². The Morgan fingerprint density at radius 2 is 0.861 bits per heavy atom. The molecule has 4 N–H and O–H groups in total. The molecule has 9 aromatic heterocycles. The molecule has 0 saturated carbocycles. The number of fused-ring (bicyclic) bond motifs is 9. The van der Waals surface area contributed by atoms with Gasteiger partial charge in [0.15, 0.2) is 5.82 Å². The van der Waals surface area contributed by atoms with Gasteiger partial charge >= 0.3 is 0 Å². The molecule has 12 rings (SSSR count). The summed E-state index contributed by atoms with van der Waals surface area (Å²) in [6.07, 6.45) is 17.1. The number of benzene rings is 3. The summed E-state index contributed by atoms with van der Waals surface area (Å²) in [4.78, 5) is 68.9. The number of rotatable bonds is 8. The molecule has 0 atom stereocenters. The van der Waals surface area contributed by atoms with Crippen molar-refractivity contribution in [2.45, 2.75) is 0 Å². The summed E-state index contributed by atoms with van der Waals surface area (Å²) >= 11 is 0. The number of imidazole rings is 1. The number of hydrogen-bond donors (Lipinski definition) is 4. The van der Waals surface area contributed by atoms with Gasteiger partial charge in [0.25, 0.3) is 17.7 Å². The quantitative estimate of drug-likeness (QED) is 0.0642. The first-order chi connectivity index (χ1) is 34.7. The van der Waals surface area contributed by atoms with Gasteiger partial charge in [0, 0.05) is 141 Å². The molecule has 9 heterocycles. The fraction of sp³-hybridized carbons (Fsp3) is 0.0741. The molecule has 356 valence electrons. The minimum absolute atomic E-state index is 0. The molecule has 3 amide bonds. The topological polar surface area (TPSA) is 204 Å². The molecule has 3 aromatic carbocycles. The number of anilines is 3. The van der Waals surface area contributed by atoms with Crippen LogP contribution < -0.4 is 21.3 Å². The number of carbonyl (C=O) groups is 3. The Morgan fingerprint density at radius 1 is 0.444 bits per heavy atom. The van der Waals surface area contributed by atoms with E-state index in [0.717, 1.165) is 71.1 Å². The summed E-state index contributed by atoms with van der Waals surface area (Å²) in [5.74, 6) is -0.856. The predicted molar refractivity (Wildman–Crippen MR) is 277 cm³/mol. The van der Waals surface area contributed by atoms with Crippen LogP contribution in [0, 0.1) is 0 Å². The standard InChI is InChI=1S/C30H28N10O3.2C12H8N2.Ru/c1-38-12-11-33-27(38)30(43)37-20-14-24(40(3)16-20)29(42)36-19-13-23(39(2)15-19)28(41)35-17-34-22-8-10-32-26-21(22)7-6-18-5-4-9-31-25(18)26;2*1-3-9-5-6-10-4-2-8-14-12(10)11(9)13-7-1;/h4-16H,17H2,1-3H3,(H,32,34)(H,35,41)(H,36,42)(H,37,43);2*1-8H;. The van der Waals surface area contributed by atoms with Crippen molar-refractivity contribution >= 4 is 100 Å². The van der Waals surface area contributed by atoms with Crippen LogP contribution in [-0.2, 0) is 40.6 Å². The van der Waals surface area contributed by atoms with E-state index in [-0.39, 0.29) is 43.8 Å². The summed E-state index contributed by atoms with van der Waals surface area (Å²) < 4.78 is 4.84. The van der Waals surface area contributed by atoms with Crippen LogP contribution in [0.4, 0.5) is 17.1 Å². The molecule has 0 radical (unpaired) electrons. The zero-order chi connectivity index (χ0) is 48.8. The third kappa shape index (κ3) is 10.1. The molecule has 0 bridgehead atoms. The van der Waals surface area contributed by atoms with Crippen LogP contribution >= 0.6 is 0 Å². The molecule has 18 heteroatoms. The minimum Gasteiger partial charge on any atom is -0.367 e. The number of hydrogen-bond acceptors (Lipinski definition) is 11. The smallest absolute Gasteiger partial charge is 0.291 e. The Labute approximate surface area is 424 Å². The second-order valence-electron chi connectivity index (χ2n) is 16.4. The zero-order valence-electron chi connectivity index (χ0n) is 39.0. The van der Waals surface area contributed by atoms with E-state index >= 15 is 0 Å². The largest absolute Gasteiger partial charge is 0.367 e. The van der Waals surface area contributed by atoms with Crippen molar-refractivity contribution in [1.29, 1.82) is 0 Å². The normalized spacial score (nSPS) is 10.8. The number of nitrogens with one attached hydrogen (secondary N) is 4. The van der Waals surface area contributed by atoms with Gasteiger partial charge < -0.3 is 35.0 Å². The predicted octanol–water partition coefficient (Wildman–Crippen LogP) is 9.06. The van der Waals surface area contributed by atoms with Crippen LogP contribution in [-0.4, -0.2) is 73.0 Å². The molecular weight excluding hydrogens is 994 g/mol. The van der Waals surface area contributed by atoms with E-state index in [2.05, 4.69) is 105 Å². The zero-order valence-corrected chi connectivity index (χ0v) is 40.7. The molecule has 0 unspecified atom stereocenters. The molecule has 0 spiro atoms. The van der Waals surface area contributed by atoms with Crippen LogP contribution in [0.3, 0.4) is 0 Å². The third-order valence-electron chi connectivity index (χ3n) is 11.7. The van der Waals surface area contributed by atoms with Crippen molar-refractivity contribution in [3.05, 3.63) is 194 Å². The van der Waals surface area contributed by atoms with E-state index in [9.17, 15) is 14.4 Å². The minimum atomic E-state index is -0.397. The molecule has 72 heavy (non-hydrogen) atoms. The van der Waals surface area contributed by atoms with Crippen molar-refractivity contribution in [3.63, 3.8) is 0 Å².